The summed E-state index contributed by atoms with van der Waals surface area (Å²) >= 11 is 0. The lowest BCUT2D eigenvalue weighted by Crippen LogP contribution is -2.63. The fraction of sp³-hybridized carbons (Fsp3) is 1.00. The van der Waals surface area contributed by atoms with Crippen molar-refractivity contribution in [1.29, 1.82) is 0 Å². The Morgan fingerprint density at radius 2 is 1.85 bits per heavy atom. The summed E-state index contributed by atoms with van der Waals surface area (Å²) < 4.78 is 29.4. The average Bonchev–Trinajstić information content (AvgIpc) is 2.01. The number of fused-ring (bicyclic) bond motifs is 2. The maximum absolute atomic E-state index is 11.3. The maximum atomic E-state index is 11.3. The van der Waals surface area contributed by atoms with Crippen molar-refractivity contribution in [2.45, 2.75) is 12.1 Å². The number of piperazine rings is 1. The molecule has 5 nitrogen and oxygen atoms in total. The van der Waals surface area contributed by atoms with E-state index in [2.05, 4.69) is 5.32 Å². The van der Waals surface area contributed by atoms with Gasteiger partial charge >= 0.3 is 0 Å². The van der Waals surface area contributed by atoms with Crippen LogP contribution in [0.15, 0.2) is 0 Å². The van der Waals surface area contributed by atoms with Gasteiger partial charge < -0.3 is 10.1 Å². The van der Waals surface area contributed by atoms with Gasteiger partial charge in [0.15, 0.2) is 0 Å². The molecule has 0 aromatic heterocycles. The second-order valence-electron chi connectivity index (χ2n) is 3.68. The van der Waals surface area contributed by atoms with Gasteiger partial charge in [-0.25, -0.2) is 8.42 Å². The van der Waals surface area contributed by atoms with E-state index in [-0.39, 0.29) is 12.1 Å². The van der Waals surface area contributed by atoms with Crippen molar-refractivity contribution >= 4 is 10.0 Å². The summed E-state index contributed by atoms with van der Waals surface area (Å²) in [4.78, 5) is 0. The number of hydrogen-bond acceptors (Lipinski definition) is 4. The first kappa shape index (κ1) is 9.39. The standard InChI is InChI=1S/C7H14N2O3S/c1-13(10,11)9-2-6-4-12-5-7(3-9)8-6/h6-8H,2-5H2,1H3. The largest absolute Gasteiger partial charge is 0.378 e. The molecule has 2 unspecified atom stereocenters. The number of nitrogens with one attached hydrogen (secondary N) is 1. The molecule has 2 rings (SSSR count). The molecule has 0 aromatic rings. The average molecular weight is 206 g/mol. The normalized spacial score (nSPS) is 36.1. The molecule has 6 heteroatoms. The molecular weight excluding hydrogens is 192 g/mol. The summed E-state index contributed by atoms with van der Waals surface area (Å²) in [5.41, 5.74) is 0. The zero-order valence-electron chi connectivity index (χ0n) is 7.56. The van der Waals surface area contributed by atoms with Crippen LogP contribution in [0.2, 0.25) is 0 Å². The van der Waals surface area contributed by atoms with Crippen LogP contribution in [-0.2, 0) is 14.8 Å². The molecule has 76 valence electrons. The molecule has 0 saturated carbocycles. The lowest BCUT2D eigenvalue weighted by Gasteiger charge is -2.40. The Labute approximate surface area is 78.1 Å². The van der Waals surface area contributed by atoms with Gasteiger partial charge in [-0.3, -0.25) is 0 Å². The van der Waals surface area contributed by atoms with Gasteiger partial charge in [0.2, 0.25) is 10.0 Å². The summed E-state index contributed by atoms with van der Waals surface area (Å²) in [6.07, 6.45) is 1.26. The molecule has 0 aromatic carbocycles. The lowest BCUT2D eigenvalue weighted by molar-refractivity contribution is 0.0129. The van der Waals surface area contributed by atoms with Crippen molar-refractivity contribution in [1.82, 2.24) is 9.62 Å². The zero-order valence-corrected chi connectivity index (χ0v) is 8.38. The van der Waals surface area contributed by atoms with Crippen LogP contribution in [0, 0.1) is 0 Å². The molecule has 0 aliphatic carbocycles. The monoisotopic (exact) mass is 206 g/mol. The van der Waals surface area contributed by atoms with Gasteiger partial charge in [-0.15, -0.1) is 0 Å². The molecule has 2 saturated heterocycles. The highest BCUT2D eigenvalue weighted by molar-refractivity contribution is 7.88. The molecule has 0 amide bonds. The number of ether oxygens (including phenoxy) is 1. The fourth-order valence-electron chi connectivity index (χ4n) is 1.83. The Hall–Kier alpha value is -0.170. The number of sulfonamides is 1. The van der Waals surface area contributed by atoms with E-state index in [1.807, 2.05) is 0 Å². The zero-order chi connectivity index (χ0) is 9.47. The van der Waals surface area contributed by atoms with E-state index in [9.17, 15) is 8.42 Å². The van der Waals surface area contributed by atoms with Gasteiger partial charge in [0, 0.05) is 25.2 Å². The minimum absolute atomic E-state index is 0.169. The first-order valence-corrected chi connectivity index (χ1v) is 6.19. The van der Waals surface area contributed by atoms with E-state index >= 15 is 0 Å². The second-order valence-corrected chi connectivity index (χ2v) is 5.66. The van der Waals surface area contributed by atoms with E-state index in [4.69, 9.17) is 4.74 Å². The minimum atomic E-state index is -3.03. The van der Waals surface area contributed by atoms with Crippen molar-refractivity contribution in [2.24, 2.45) is 0 Å². The van der Waals surface area contributed by atoms with Crippen molar-refractivity contribution in [3.8, 4) is 0 Å². The maximum Gasteiger partial charge on any atom is 0.211 e. The molecule has 2 aliphatic heterocycles. The Bertz CT molecular complexity index is 278. The molecule has 2 fully saturated rings. The van der Waals surface area contributed by atoms with Crippen molar-refractivity contribution in [3.05, 3.63) is 0 Å². The van der Waals surface area contributed by atoms with Gasteiger partial charge in [-0.2, -0.15) is 4.31 Å². The summed E-state index contributed by atoms with van der Waals surface area (Å²) in [5, 5.41) is 3.32. The molecule has 2 atom stereocenters. The molecule has 13 heavy (non-hydrogen) atoms. The summed E-state index contributed by atoms with van der Waals surface area (Å²) in [6, 6.07) is 0.337. The lowest BCUT2D eigenvalue weighted by atomic mass is 10.1. The number of nitrogens with zero attached hydrogens (tertiary/aromatic N) is 1. The van der Waals surface area contributed by atoms with Crippen LogP contribution in [0.25, 0.3) is 0 Å². The Kier molecular flexibility index (Phi) is 2.31. The third kappa shape index (κ3) is 2.01. The van der Waals surface area contributed by atoms with Gasteiger partial charge in [-0.05, 0) is 0 Å². The van der Waals surface area contributed by atoms with E-state index in [0.29, 0.717) is 26.3 Å². The van der Waals surface area contributed by atoms with Crippen LogP contribution in [0.3, 0.4) is 0 Å². The molecule has 2 heterocycles. The Balaban J connectivity index is 2.10. The van der Waals surface area contributed by atoms with Crippen LogP contribution in [-0.4, -0.2) is 57.4 Å². The van der Waals surface area contributed by atoms with Crippen LogP contribution >= 0.6 is 0 Å². The van der Waals surface area contributed by atoms with Crippen molar-refractivity contribution in [2.75, 3.05) is 32.6 Å². The molecule has 0 radical (unpaired) electrons. The van der Waals surface area contributed by atoms with Gasteiger partial charge in [0.25, 0.3) is 0 Å². The highest BCUT2D eigenvalue weighted by Crippen LogP contribution is 2.12. The SMILES string of the molecule is CS(=O)(=O)N1CC2COCC(C1)N2. The summed E-state index contributed by atoms with van der Waals surface area (Å²) in [5.74, 6) is 0. The highest BCUT2D eigenvalue weighted by atomic mass is 32.2. The topological polar surface area (TPSA) is 58.6 Å². The predicted octanol–water partition coefficient (Wildman–Crippen LogP) is -1.38. The first-order chi connectivity index (χ1) is 6.05. The fourth-order valence-corrected chi connectivity index (χ4v) is 2.73. The van der Waals surface area contributed by atoms with Crippen LogP contribution < -0.4 is 5.32 Å². The third-order valence-electron chi connectivity index (χ3n) is 2.43. The van der Waals surface area contributed by atoms with Crippen molar-refractivity contribution < 1.29 is 13.2 Å². The van der Waals surface area contributed by atoms with Crippen LogP contribution in [0.1, 0.15) is 0 Å². The predicted molar refractivity (Wildman–Crippen MR) is 47.9 cm³/mol. The van der Waals surface area contributed by atoms with Gasteiger partial charge in [0.1, 0.15) is 0 Å². The molecule has 2 aliphatic rings. The smallest absolute Gasteiger partial charge is 0.211 e. The minimum Gasteiger partial charge on any atom is -0.378 e. The molecular formula is C7H14N2O3S. The van der Waals surface area contributed by atoms with Crippen molar-refractivity contribution in [3.63, 3.8) is 0 Å². The second kappa shape index (κ2) is 3.20. The van der Waals surface area contributed by atoms with E-state index in [1.54, 1.807) is 0 Å². The van der Waals surface area contributed by atoms with Gasteiger partial charge in [-0.1, -0.05) is 0 Å². The highest BCUT2D eigenvalue weighted by Gasteiger charge is 2.34. The molecule has 0 spiro atoms. The van der Waals surface area contributed by atoms with E-state index < -0.39 is 10.0 Å². The van der Waals surface area contributed by atoms with E-state index in [0.717, 1.165) is 0 Å². The Morgan fingerprint density at radius 3 is 2.31 bits per heavy atom. The molecule has 2 bridgehead atoms. The number of hydrogen-bond donors (Lipinski definition) is 1. The Morgan fingerprint density at radius 1 is 1.31 bits per heavy atom. The quantitative estimate of drug-likeness (QED) is 0.574. The van der Waals surface area contributed by atoms with Gasteiger partial charge in [0.05, 0.1) is 19.5 Å². The van der Waals surface area contributed by atoms with Crippen LogP contribution in [0.5, 0.6) is 0 Å². The number of morpholine rings is 1. The first-order valence-electron chi connectivity index (χ1n) is 4.34. The van der Waals surface area contributed by atoms with E-state index in [1.165, 1.54) is 10.6 Å². The summed E-state index contributed by atoms with van der Waals surface area (Å²) in [7, 11) is -3.03. The van der Waals surface area contributed by atoms with Crippen LogP contribution in [0.4, 0.5) is 0 Å². The number of rotatable bonds is 1. The molecule has 1 N–H and O–H groups in total. The summed E-state index contributed by atoms with van der Waals surface area (Å²) in [6.45, 7) is 2.30. The third-order valence-corrected chi connectivity index (χ3v) is 3.66.